The second-order valence-corrected chi connectivity index (χ2v) is 13.9. The second kappa shape index (κ2) is 19.0. The van der Waals surface area contributed by atoms with Crippen molar-refractivity contribution in [3.05, 3.63) is 189 Å². The monoisotopic (exact) mass is 805 g/mol. The summed E-state index contributed by atoms with van der Waals surface area (Å²) in [5, 5.41) is 3.83. The van der Waals surface area contributed by atoms with Crippen LogP contribution in [0, 0.1) is 0 Å². The third-order valence-corrected chi connectivity index (χ3v) is 9.81. The zero-order valence-corrected chi connectivity index (χ0v) is 32.2. The number of nitrogens with zero attached hydrogens (tertiary/aromatic N) is 2. The minimum atomic E-state index is -0.715. The summed E-state index contributed by atoms with van der Waals surface area (Å²) in [4.78, 5) is 47.0. The maximum Gasteiger partial charge on any atom is 0.285 e. The molecule has 53 heavy (non-hydrogen) atoms. The Bertz CT molecular complexity index is 2070. The molecule has 0 aliphatic carbocycles. The van der Waals surface area contributed by atoms with Gasteiger partial charge in [0.15, 0.2) is 5.17 Å². The molecule has 3 amide bonds. The molecule has 4 aromatic rings. The van der Waals surface area contributed by atoms with E-state index in [9.17, 15) is 14.4 Å². The van der Waals surface area contributed by atoms with Gasteiger partial charge in [-0.05, 0) is 93.5 Å². The van der Waals surface area contributed by atoms with Crippen LogP contribution >= 0.6 is 39.3 Å². The van der Waals surface area contributed by atoms with E-state index in [4.69, 9.17) is 16.3 Å². The number of carbonyl (C=O) groups excluding carboxylic acids is 3. The van der Waals surface area contributed by atoms with Crippen molar-refractivity contribution in [1.82, 2.24) is 10.2 Å². The standard InChI is InChI=1S/C43H37BrClN3O4S/c1-4-7-19-35(6-3)48-42(51)36(25-30-24-33(14-5-2)40(37(44)26-30)52-27-29-20-22-34(45)23-21-29)41(50)47-43(48)53-28-38(49)46-39(31-15-10-8-11-16-31)32-17-12-9-13-18-32/h4-13,15-26,39H,1-2,14,27-28H2,3H3,(H,46,49)/b19-7-,35-6+,36-25+. The number of aliphatic imine (C=N–C) groups is 1. The minimum Gasteiger partial charge on any atom is -0.487 e. The molecule has 0 radical (unpaired) electrons. The molecule has 1 aliphatic heterocycles. The zero-order chi connectivity index (χ0) is 37.7. The number of amides is 3. The van der Waals surface area contributed by atoms with Crippen LogP contribution < -0.4 is 10.1 Å². The molecule has 268 valence electrons. The number of hydrogen-bond acceptors (Lipinski definition) is 5. The lowest BCUT2D eigenvalue weighted by Gasteiger charge is -2.28. The van der Waals surface area contributed by atoms with Gasteiger partial charge < -0.3 is 10.1 Å². The van der Waals surface area contributed by atoms with E-state index in [0.717, 1.165) is 34.0 Å². The van der Waals surface area contributed by atoms with Crippen LogP contribution in [-0.2, 0) is 27.4 Å². The van der Waals surface area contributed by atoms with Gasteiger partial charge in [-0.15, -0.1) is 6.58 Å². The number of allylic oxidation sites excluding steroid dienone is 5. The second-order valence-electron chi connectivity index (χ2n) is 11.7. The molecule has 1 heterocycles. The van der Waals surface area contributed by atoms with Gasteiger partial charge in [0.25, 0.3) is 11.8 Å². The number of benzene rings is 4. The first kappa shape index (κ1) is 39.0. The van der Waals surface area contributed by atoms with Crippen molar-refractivity contribution in [1.29, 1.82) is 0 Å². The number of thioether (sulfide) groups is 1. The normalized spacial score (nSPS) is 14.1. The van der Waals surface area contributed by atoms with Crippen molar-refractivity contribution >= 4 is 68.3 Å². The number of ether oxygens (including phenoxy) is 1. The molecule has 0 saturated carbocycles. The molecule has 7 nitrogen and oxygen atoms in total. The summed E-state index contributed by atoms with van der Waals surface area (Å²) in [6.45, 7) is 9.71. The lowest BCUT2D eigenvalue weighted by molar-refractivity contribution is -0.126. The highest BCUT2D eigenvalue weighted by Crippen LogP contribution is 2.34. The molecule has 0 spiro atoms. The molecule has 0 atom stereocenters. The van der Waals surface area contributed by atoms with Crippen LogP contribution in [0.1, 0.15) is 40.8 Å². The molecular weight excluding hydrogens is 770 g/mol. The lowest BCUT2D eigenvalue weighted by Crippen LogP contribution is -2.42. The molecule has 1 aliphatic rings. The van der Waals surface area contributed by atoms with E-state index in [1.54, 1.807) is 55.5 Å². The highest BCUT2D eigenvalue weighted by molar-refractivity contribution is 9.10. The van der Waals surface area contributed by atoms with Crippen LogP contribution in [0.2, 0.25) is 5.02 Å². The fraction of sp³-hybridized carbons (Fsp3) is 0.116. The summed E-state index contributed by atoms with van der Waals surface area (Å²) in [5.74, 6) is -1.06. The topological polar surface area (TPSA) is 88.1 Å². The summed E-state index contributed by atoms with van der Waals surface area (Å²) in [6, 6.07) is 30.0. The van der Waals surface area contributed by atoms with Crippen LogP contribution in [0.3, 0.4) is 0 Å². The molecule has 10 heteroatoms. The van der Waals surface area contributed by atoms with Crippen molar-refractivity contribution in [2.24, 2.45) is 4.99 Å². The maximum absolute atomic E-state index is 14.2. The Morgan fingerprint density at radius 2 is 1.66 bits per heavy atom. The third kappa shape index (κ3) is 10.2. The average molecular weight is 807 g/mol. The van der Waals surface area contributed by atoms with E-state index in [2.05, 4.69) is 39.4 Å². The van der Waals surface area contributed by atoms with Crippen molar-refractivity contribution < 1.29 is 19.1 Å². The highest BCUT2D eigenvalue weighted by atomic mass is 79.9. The van der Waals surface area contributed by atoms with Crippen molar-refractivity contribution in [2.75, 3.05) is 5.75 Å². The quantitative estimate of drug-likeness (QED) is 0.0594. The zero-order valence-electron chi connectivity index (χ0n) is 29.0. The van der Waals surface area contributed by atoms with E-state index in [-0.39, 0.29) is 22.4 Å². The highest BCUT2D eigenvalue weighted by Gasteiger charge is 2.35. The summed E-state index contributed by atoms with van der Waals surface area (Å²) in [6.07, 6.45) is 10.4. The Hall–Kier alpha value is -5.22. The van der Waals surface area contributed by atoms with Gasteiger partial charge in [0.2, 0.25) is 5.91 Å². The van der Waals surface area contributed by atoms with Crippen LogP contribution in [-0.4, -0.2) is 33.5 Å². The first-order valence-electron chi connectivity index (χ1n) is 16.7. The molecule has 0 aromatic heterocycles. The molecule has 4 aromatic carbocycles. The smallest absolute Gasteiger partial charge is 0.285 e. The predicted molar refractivity (Wildman–Crippen MR) is 220 cm³/mol. The minimum absolute atomic E-state index is 0.0876. The lowest BCUT2D eigenvalue weighted by atomic mass is 9.99. The number of rotatable bonds is 14. The Morgan fingerprint density at radius 3 is 2.26 bits per heavy atom. The van der Waals surface area contributed by atoms with E-state index in [1.807, 2.05) is 78.9 Å². The molecule has 0 bridgehead atoms. The maximum atomic E-state index is 14.2. The number of carbonyl (C=O) groups is 3. The third-order valence-electron chi connectivity index (χ3n) is 8.03. The predicted octanol–water partition coefficient (Wildman–Crippen LogP) is 9.80. The van der Waals surface area contributed by atoms with Crippen molar-refractivity contribution in [3.63, 3.8) is 0 Å². The molecule has 0 saturated heterocycles. The van der Waals surface area contributed by atoms with Crippen molar-refractivity contribution in [2.45, 2.75) is 26.0 Å². The van der Waals surface area contributed by atoms with Gasteiger partial charge in [-0.1, -0.05) is 127 Å². The van der Waals surface area contributed by atoms with E-state index < -0.39 is 17.9 Å². The number of hydrogen-bond donors (Lipinski definition) is 1. The fourth-order valence-corrected chi connectivity index (χ4v) is 7.09. The molecule has 5 rings (SSSR count). The van der Waals surface area contributed by atoms with Crippen LogP contribution in [0.25, 0.3) is 6.08 Å². The van der Waals surface area contributed by atoms with E-state index in [0.29, 0.717) is 39.5 Å². The van der Waals surface area contributed by atoms with Gasteiger partial charge in [-0.3, -0.25) is 19.3 Å². The first-order valence-corrected chi connectivity index (χ1v) is 18.8. The van der Waals surface area contributed by atoms with Crippen molar-refractivity contribution in [3.8, 4) is 5.75 Å². The Kier molecular flexibility index (Phi) is 14.0. The van der Waals surface area contributed by atoms with E-state index >= 15 is 0 Å². The Morgan fingerprint density at radius 1 is 1.00 bits per heavy atom. The first-order chi connectivity index (χ1) is 25.7. The summed E-state index contributed by atoms with van der Waals surface area (Å²) < 4.78 is 6.83. The van der Waals surface area contributed by atoms with Crippen LogP contribution in [0.4, 0.5) is 0 Å². The van der Waals surface area contributed by atoms with Crippen LogP contribution in [0.15, 0.2) is 161 Å². The molecule has 0 unspecified atom stereocenters. The van der Waals surface area contributed by atoms with Crippen LogP contribution in [0.5, 0.6) is 5.75 Å². The molecule has 1 N–H and O–H groups in total. The summed E-state index contributed by atoms with van der Waals surface area (Å²) >= 11 is 10.7. The average Bonchev–Trinajstić information content (AvgIpc) is 3.16. The molecular formula is C43H37BrClN3O4S. The van der Waals surface area contributed by atoms with Gasteiger partial charge in [0, 0.05) is 10.7 Å². The molecule has 0 fully saturated rings. The summed E-state index contributed by atoms with van der Waals surface area (Å²) in [7, 11) is 0. The van der Waals surface area contributed by atoms with Gasteiger partial charge >= 0.3 is 0 Å². The fourth-order valence-electron chi connectivity index (χ4n) is 5.52. The van der Waals surface area contributed by atoms with Gasteiger partial charge in [-0.2, -0.15) is 4.99 Å². The number of halogens is 2. The van der Waals surface area contributed by atoms with Gasteiger partial charge in [0.05, 0.1) is 16.3 Å². The van der Waals surface area contributed by atoms with E-state index in [1.165, 1.54) is 11.0 Å². The number of amidine groups is 1. The largest absolute Gasteiger partial charge is 0.487 e. The Labute approximate surface area is 327 Å². The SMILES string of the molecule is C=C/C=C\C(=C/C)N1C(=O)/C(=C/c2cc(Br)c(OCc3ccc(Cl)cc3)c(CC=C)c2)C(=O)N=C1SCC(=O)NC(c1ccccc1)c1ccccc1. The number of nitrogens with one attached hydrogen (secondary N) is 1. The van der Waals surface area contributed by atoms with Gasteiger partial charge in [0.1, 0.15) is 17.9 Å². The summed E-state index contributed by atoms with van der Waals surface area (Å²) in [5.41, 5.74) is 4.51. The van der Waals surface area contributed by atoms with Gasteiger partial charge in [-0.25, -0.2) is 0 Å². The Balaban J connectivity index is 1.42.